The van der Waals surface area contributed by atoms with Crippen LogP contribution < -0.4 is 11.1 Å². The Morgan fingerprint density at radius 3 is 2.68 bits per heavy atom. The van der Waals surface area contributed by atoms with Crippen molar-refractivity contribution < 1.29 is 14.3 Å². The van der Waals surface area contributed by atoms with Gasteiger partial charge in [-0.1, -0.05) is 30.3 Å². The predicted molar refractivity (Wildman–Crippen MR) is 81.8 cm³/mol. The second kappa shape index (κ2) is 5.77. The summed E-state index contributed by atoms with van der Waals surface area (Å²) >= 11 is 0. The fourth-order valence-electron chi connectivity index (χ4n) is 2.49. The summed E-state index contributed by atoms with van der Waals surface area (Å²) in [5.74, 6) is -0.138. The Morgan fingerprint density at radius 2 is 2.05 bits per heavy atom. The van der Waals surface area contributed by atoms with Crippen LogP contribution in [0.4, 0.5) is 0 Å². The SMILES string of the molecule is NC1=NC(c2ccco2)C(CC(=O)O)=C(c2ccccc2)N1. The Labute approximate surface area is 127 Å². The Bertz CT molecular complexity index is 733. The highest BCUT2D eigenvalue weighted by molar-refractivity contribution is 5.93. The Hall–Kier alpha value is -3.02. The number of nitrogens with one attached hydrogen (secondary N) is 1. The molecule has 22 heavy (non-hydrogen) atoms. The highest BCUT2D eigenvalue weighted by Gasteiger charge is 2.29. The van der Waals surface area contributed by atoms with Gasteiger partial charge in [-0.2, -0.15) is 0 Å². The van der Waals surface area contributed by atoms with Crippen LogP contribution in [0, 0.1) is 0 Å². The largest absolute Gasteiger partial charge is 0.481 e. The number of carboxylic acids is 1. The molecule has 112 valence electrons. The van der Waals surface area contributed by atoms with E-state index >= 15 is 0 Å². The van der Waals surface area contributed by atoms with Crippen molar-refractivity contribution in [2.45, 2.75) is 12.5 Å². The number of hydrogen-bond acceptors (Lipinski definition) is 5. The van der Waals surface area contributed by atoms with Gasteiger partial charge < -0.3 is 20.6 Å². The van der Waals surface area contributed by atoms with Gasteiger partial charge in [0.25, 0.3) is 0 Å². The van der Waals surface area contributed by atoms with Crippen molar-refractivity contribution in [3.63, 3.8) is 0 Å². The van der Waals surface area contributed by atoms with E-state index in [1.165, 1.54) is 6.26 Å². The lowest BCUT2D eigenvalue weighted by Gasteiger charge is -2.25. The molecule has 6 nitrogen and oxygen atoms in total. The topological polar surface area (TPSA) is 101 Å². The Kier molecular flexibility index (Phi) is 3.65. The molecule has 0 fully saturated rings. The number of carbonyl (C=O) groups is 1. The lowest BCUT2D eigenvalue weighted by molar-refractivity contribution is -0.136. The molecule has 0 saturated carbocycles. The Morgan fingerprint density at radius 1 is 1.27 bits per heavy atom. The monoisotopic (exact) mass is 297 g/mol. The molecule has 1 atom stereocenters. The third-order valence-corrected chi connectivity index (χ3v) is 3.39. The van der Waals surface area contributed by atoms with E-state index in [1.54, 1.807) is 12.1 Å². The van der Waals surface area contributed by atoms with Crippen molar-refractivity contribution in [1.29, 1.82) is 0 Å². The highest BCUT2D eigenvalue weighted by atomic mass is 16.4. The minimum absolute atomic E-state index is 0.153. The van der Waals surface area contributed by atoms with Crippen LogP contribution in [-0.4, -0.2) is 17.0 Å². The van der Waals surface area contributed by atoms with E-state index in [2.05, 4.69) is 10.3 Å². The fraction of sp³-hybridized carbons (Fsp3) is 0.125. The first-order valence-corrected chi connectivity index (χ1v) is 6.79. The highest BCUT2D eigenvalue weighted by Crippen LogP contribution is 2.35. The smallest absolute Gasteiger partial charge is 0.307 e. The number of furan rings is 1. The van der Waals surface area contributed by atoms with Gasteiger partial charge in [0.15, 0.2) is 5.96 Å². The van der Waals surface area contributed by atoms with Crippen LogP contribution in [0.2, 0.25) is 0 Å². The first kappa shape index (κ1) is 13.9. The minimum atomic E-state index is -0.933. The van der Waals surface area contributed by atoms with Gasteiger partial charge in [0.2, 0.25) is 0 Å². The van der Waals surface area contributed by atoms with Gasteiger partial charge >= 0.3 is 5.97 Å². The van der Waals surface area contributed by atoms with Crippen molar-refractivity contribution >= 4 is 17.6 Å². The summed E-state index contributed by atoms with van der Waals surface area (Å²) in [6.45, 7) is 0. The van der Waals surface area contributed by atoms with Crippen molar-refractivity contribution in [1.82, 2.24) is 5.32 Å². The number of rotatable bonds is 4. The van der Waals surface area contributed by atoms with E-state index < -0.39 is 12.0 Å². The van der Waals surface area contributed by atoms with Crippen LogP contribution >= 0.6 is 0 Å². The van der Waals surface area contributed by atoms with Crippen LogP contribution in [0.25, 0.3) is 5.70 Å². The molecule has 0 bridgehead atoms. The number of guanidine groups is 1. The van der Waals surface area contributed by atoms with Crippen molar-refractivity contribution in [2.75, 3.05) is 0 Å². The maximum atomic E-state index is 11.3. The molecule has 1 aromatic carbocycles. The second-order valence-electron chi connectivity index (χ2n) is 4.89. The number of aliphatic carboxylic acids is 1. The van der Waals surface area contributed by atoms with Crippen LogP contribution in [0.15, 0.2) is 63.7 Å². The third-order valence-electron chi connectivity index (χ3n) is 3.39. The molecular formula is C16H15N3O3. The summed E-state index contributed by atoms with van der Waals surface area (Å²) in [6, 6.07) is 12.4. The molecule has 1 unspecified atom stereocenters. The van der Waals surface area contributed by atoms with Crippen molar-refractivity contribution in [3.8, 4) is 0 Å². The molecule has 2 heterocycles. The van der Waals surface area contributed by atoms with Gasteiger partial charge in [-0.3, -0.25) is 4.79 Å². The molecule has 0 radical (unpaired) electrons. The molecule has 0 saturated heterocycles. The van der Waals surface area contributed by atoms with Gasteiger partial charge in [0, 0.05) is 0 Å². The van der Waals surface area contributed by atoms with Gasteiger partial charge in [-0.15, -0.1) is 0 Å². The van der Waals surface area contributed by atoms with Gasteiger partial charge in [0.1, 0.15) is 11.8 Å². The van der Waals surface area contributed by atoms with Crippen molar-refractivity contribution in [3.05, 3.63) is 65.6 Å². The first-order valence-electron chi connectivity index (χ1n) is 6.79. The molecule has 3 rings (SSSR count). The molecule has 0 amide bonds. The zero-order valence-corrected chi connectivity index (χ0v) is 11.7. The van der Waals surface area contributed by atoms with Crippen LogP contribution in [-0.2, 0) is 4.79 Å². The molecular weight excluding hydrogens is 282 g/mol. The van der Waals surface area contributed by atoms with Crippen LogP contribution in [0.1, 0.15) is 23.8 Å². The average Bonchev–Trinajstić information content (AvgIpc) is 3.03. The van der Waals surface area contributed by atoms with Crippen LogP contribution in [0.3, 0.4) is 0 Å². The maximum Gasteiger partial charge on any atom is 0.307 e. The summed E-state index contributed by atoms with van der Waals surface area (Å²) in [5, 5.41) is 12.2. The van der Waals surface area contributed by atoms with Gasteiger partial charge in [-0.05, 0) is 23.3 Å². The second-order valence-corrected chi connectivity index (χ2v) is 4.89. The van der Waals surface area contributed by atoms with E-state index in [4.69, 9.17) is 10.2 Å². The number of hydrogen-bond donors (Lipinski definition) is 3. The van der Waals surface area contributed by atoms with Crippen molar-refractivity contribution in [2.24, 2.45) is 10.7 Å². The van der Waals surface area contributed by atoms with E-state index in [9.17, 15) is 9.90 Å². The third kappa shape index (κ3) is 2.71. The maximum absolute atomic E-state index is 11.3. The predicted octanol–water partition coefficient (Wildman–Crippen LogP) is 2.12. The number of aliphatic imine (C=N–C) groups is 1. The molecule has 1 aliphatic rings. The number of nitrogens with zero attached hydrogens (tertiary/aromatic N) is 1. The summed E-state index contributed by atoms with van der Waals surface area (Å²) in [6.07, 6.45) is 1.38. The minimum Gasteiger partial charge on any atom is -0.481 e. The summed E-state index contributed by atoms with van der Waals surface area (Å²) in [5.41, 5.74) is 8.00. The van der Waals surface area contributed by atoms with E-state index in [1.807, 2.05) is 30.3 Å². The first-order chi connectivity index (χ1) is 10.6. The average molecular weight is 297 g/mol. The molecule has 6 heteroatoms. The van der Waals surface area contributed by atoms with Gasteiger partial charge in [0.05, 0.1) is 18.4 Å². The molecule has 4 N–H and O–H groups in total. The molecule has 1 aliphatic heterocycles. The lowest BCUT2D eigenvalue weighted by Crippen LogP contribution is -2.35. The summed E-state index contributed by atoms with van der Waals surface area (Å²) < 4.78 is 5.40. The normalized spacial score (nSPS) is 17.8. The Balaban J connectivity index is 2.13. The number of nitrogens with two attached hydrogens (primary N) is 1. The number of carboxylic acid groups (broad SMARTS) is 1. The van der Waals surface area contributed by atoms with Crippen LogP contribution in [0.5, 0.6) is 0 Å². The molecule has 1 aromatic heterocycles. The summed E-state index contributed by atoms with van der Waals surface area (Å²) in [4.78, 5) is 15.6. The summed E-state index contributed by atoms with van der Waals surface area (Å²) in [7, 11) is 0. The van der Waals surface area contributed by atoms with Gasteiger partial charge in [-0.25, -0.2) is 4.99 Å². The molecule has 0 spiro atoms. The standard InChI is InChI=1S/C16H15N3O3/c17-16-18-14(10-5-2-1-3-6-10)11(9-13(20)21)15(19-16)12-7-4-8-22-12/h1-8,15H,9H2,(H,20,21)(H3,17,18,19). The quantitative estimate of drug-likeness (QED) is 0.802. The van der Waals surface area contributed by atoms with E-state index in [-0.39, 0.29) is 12.4 Å². The molecule has 0 aliphatic carbocycles. The zero-order chi connectivity index (χ0) is 15.5. The fourth-order valence-corrected chi connectivity index (χ4v) is 2.49. The van der Waals surface area contributed by atoms with E-state index in [0.29, 0.717) is 17.0 Å². The lowest BCUT2D eigenvalue weighted by atomic mass is 9.94. The molecule has 2 aromatic rings. The zero-order valence-electron chi connectivity index (χ0n) is 11.7. The number of benzene rings is 1. The van der Waals surface area contributed by atoms with E-state index in [0.717, 1.165) is 5.56 Å².